The number of nitrogens with one attached hydrogen (secondary N) is 4. The number of rotatable bonds is 16. The number of aromatic amines is 1. The van der Waals surface area contributed by atoms with Crippen LogP contribution >= 0.6 is 0 Å². The van der Waals surface area contributed by atoms with Gasteiger partial charge in [0.15, 0.2) is 5.69 Å². The van der Waals surface area contributed by atoms with Gasteiger partial charge in [0, 0.05) is 19.0 Å². The number of carbonyl (C=O) groups is 4. The number of ether oxygens (including phenoxy) is 2. The van der Waals surface area contributed by atoms with E-state index in [4.69, 9.17) is 9.47 Å². The predicted octanol–water partition coefficient (Wildman–Crippen LogP) is 5.37. The fourth-order valence-corrected chi connectivity index (χ4v) is 11.3. The predicted molar refractivity (Wildman–Crippen MR) is 221 cm³/mol. The first-order chi connectivity index (χ1) is 29.3. The molecule has 1 saturated heterocycles. The molecule has 0 spiro atoms. The summed E-state index contributed by atoms with van der Waals surface area (Å²) >= 11 is 0. The molecule has 2 aromatic rings. The zero-order chi connectivity index (χ0) is 46.2. The number of aromatic nitrogens is 2. The normalized spacial score (nSPS) is 30.1. The van der Waals surface area contributed by atoms with E-state index in [1.165, 1.54) is 31.1 Å². The van der Waals surface area contributed by atoms with E-state index < -0.39 is 116 Å². The molecule has 5 fully saturated rings. The first kappa shape index (κ1) is 46.5. The molecule has 1 aliphatic heterocycles. The van der Waals surface area contributed by atoms with Crippen LogP contribution in [0.25, 0.3) is 11.0 Å². The summed E-state index contributed by atoms with van der Waals surface area (Å²) in [5, 5.41) is 5.13. The highest BCUT2D eigenvalue weighted by molar-refractivity contribution is 7.91. The van der Waals surface area contributed by atoms with Crippen molar-refractivity contribution in [1.29, 1.82) is 0 Å². The van der Waals surface area contributed by atoms with Crippen LogP contribution in [0.4, 0.5) is 22.4 Å². The van der Waals surface area contributed by atoms with Crippen molar-refractivity contribution in [2.24, 2.45) is 40.9 Å². The first-order valence-corrected chi connectivity index (χ1v) is 23.2. The zero-order valence-corrected chi connectivity index (χ0v) is 37.4. The molecule has 4 saturated carbocycles. The Morgan fingerprint density at radius 1 is 1.10 bits per heavy atom. The van der Waals surface area contributed by atoms with Gasteiger partial charge in [0.1, 0.15) is 29.5 Å². The van der Waals surface area contributed by atoms with Crippen molar-refractivity contribution in [3.63, 3.8) is 0 Å². The number of amides is 4. The minimum absolute atomic E-state index is 0.0761. The van der Waals surface area contributed by atoms with E-state index in [1.807, 2.05) is 4.72 Å². The van der Waals surface area contributed by atoms with Crippen LogP contribution < -0.4 is 25.7 Å². The molecule has 63 heavy (non-hydrogen) atoms. The van der Waals surface area contributed by atoms with Crippen LogP contribution in [0.5, 0.6) is 5.75 Å². The molecule has 20 heteroatoms. The molecule has 5 aliphatic rings. The number of fused-ring (bicyclic) bond motifs is 2. The van der Waals surface area contributed by atoms with Gasteiger partial charge in [0.2, 0.25) is 28.3 Å². The van der Waals surface area contributed by atoms with Crippen LogP contribution in [-0.2, 0) is 35.1 Å². The second-order valence-electron chi connectivity index (χ2n) is 19.9. The fraction of sp³-hybridized carbons (Fsp3) is 0.721. The van der Waals surface area contributed by atoms with Crippen LogP contribution in [-0.4, -0.2) is 95.7 Å². The van der Waals surface area contributed by atoms with Crippen LogP contribution in [0.15, 0.2) is 23.0 Å². The number of hydrogen-bond acceptors (Lipinski definition) is 10. The SMILES string of the molecule is COc1ccc2nc(C(F)(F)CCCCC3C(OC(=O)NC(C(=O)N4CCC(C)C4C(=O)NC4(C(=O)NS(=O)(=O)C5(C)CC5)CC4C(F)F)C(C)(C)C)CC4C(C)C34)c(=O)[nH]c2c1. The van der Waals surface area contributed by atoms with Crippen molar-refractivity contribution in [2.75, 3.05) is 13.7 Å². The highest BCUT2D eigenvalue weighted by Crippen LogP contribution is 2.62. The third-order valence-electron chi connectivity index (χ3n) is 14.4. The average molecular weight is 911 g/mol. The number of sulfonamides is 1. The Labute approximate surface area is 363 Å². The van der Waals surface area contributed by atoms with Crippen molar-refractivity contribution in [3.05, 3.63) is 34.2 Å². The lowest BCUT2D eigenvalue weighted by Gasteiger charge is -2.36. The lowest BCUT2D eigenvalue weighted by atomic mass is 9.85. The summed E-state index contributed by atoms with van der Waals surface area (Å²) in [6.45, 7) is 10.4. The maximum absolute atomic E-state index is 15.4. The van der Waals surface area contributed by atoms with E-state index in [0.29, 0.717) is 50.2 Å². The summed E-state index contributed by atoms with van der Waals surface area (Å²) in [5.74, 6) is -7.18. The molecule has 10 atom stereocenters. The van der Waals surface area contributed by atoms with Crippen molar-refractivity contribution >= 4 is 44.9 Å². The van der Waals surface area contributed by atoms with Gasteiger partial charge in [-0.2, -0.15) is 8.78 Å². The van der Waals surface area contributed by atoms with Crippen LogP contribution in [0, 0.1) is 40.9 Å². The quantitative estimate of drug-likeness (QED) is 0.125. The number of H-pyrrole nitrogens is 1. The van der Waals surface area contributed by atoms with Crippen molar-refractivity contribution in [2.45, 2.75) is 140 Å². The summed E-state index contributed by atoms with van der Waals surface area (Å²) in [6, 6.07) is 2.12. The van der Waals surface area contributed by atoms with Gasteiger partial charge in [-0.25, -0.2) is 27.0 Å². The Morgan fingerprint density at radius 2 is 1.79 bits per heavy atom. The minimum Gasteiger partial charge on any atom is -0.497 e. The molecule has 0 radical (unpaired) electrons. The summed E-state index contributed by atoms with van der Waals surface area (Å²) in [4.78, 5) is 75.7. The number of methoxy groups -OCH3 is 1. The van der Waals surface area contributed by atoms with Crippen LogP contribution in [0.1, 0.15) is 105 Å². The van der Waals surface area contributed by atoms with E-state index in [2.05, 4.69) is 27.5 Å². The van der Waals surface area contributed by atoms with Crippen molar-refractivity contribution < 1.29 is 54.6 Å². The molecular weight excluding hydrogens is 853 g/mol. The number of benzene rings is 1. The van der Waals surface area contributed by atoms with E-state index in [-0.39, 0.29) is 41.8 Å². The Bertz CT molecular complexity index is 2320. The third kappa shape index (κ3) is 8.98. The van der Waals surface area contributed by atoms with E-state index in [9.17, 15) is 41.2 Å². The lowest BCUT2D eigenvalue weighted by Crippen LogP contribution is -2.61. The Balaban J connectivity index is 0.974. The number of halogens is 4. The molecule has 4 N–H and O–H groups in total. The summed E-state index contributed by atoms with van der Waals surface area (Å²) in [6.07, 6.45) is -3.13. The van der Waals surface area contributed by atoms with Gasteiger partial charge in [0.25, 0.3) is 17.4 Å². The second-order valence-corrected chi connectivity index (χ2v) is 22.1. The zero-order valence-electron chi connectivity index (χ0n) is 36.6. The van der Waals surface area contributed by atoms with E-state index in [0.717, 1.165) is 0 Å². The molecule has 4 amide bonds. The number of unbranched alkanes of at least 4 members (excludes halogenated alkanes) is 1. The van der Waals surface area contributed by atoms with Crippen LogP contribution in [0.3, 0.4) is 0 Å². The Hall–Kier alpha value is -4.49. The number of likely N-dealkylation sites (tertiary alicyclic amines) is 1. The largest absolute Gasteiger partial charge is 0.497 e. The summed E-state index contributed by atoms with van der Waals surface area (Å²) in [5.41, 5.74) is -4.48. The molecule has 15 nitrogen and oxygen atoms in total. The number of alkyl carbamates (subject to hydrolysis) is 1. The maximum Gasteiger partial charge on any atom is 0.408 e. The molecule has 348 valence electrons. The average Bonchev–Trinajstić information content (AvgIpc) is 4.14. The molecule has 0 bridgehead atoms. The number of hydrogen-bond donors (Lipinski definition) is 4. The van der Waals surface area contributed by atoms with Gasteiger partial charge >= 0.3 is 6.09 Å². The van der Waals surface area contributed by atoms with E-state index >= 15 is 8.78 Å². The molecular formula is C43H58F4N6O9S. The standard InChI is InChI=1S/C43H58F4N6O9S/c1-21-13-17-53(31(21)35(54)51-42(20-26(42)34(44)45)38(57)52-63(59,60)41(6)15-16-41)37(56)33(40(3,4)5)50-39(58)62-29-19-25-22(2)30(25)24(29)10-8-9-14-43(46,47)32-36(55)49-28-18-23(61-7)11-12-27(28)48-32/h11-12,18,21-22,24-26,29-31,33-34H,8-10,13-17,19-20H2,1-7H3,(H,49,55)(H,50,58)(H,51,54)(H,52,57). The number of nitrogens with zero attached hydrogens (tertiary/aromatic N) is 2. The monoisotopic (exact) mass is 910 g/mol. The van der Waals surface area contributed by atoms with Gasteiger partial charge < -0.3 is 30.0 Å². The highest BCUT2D eigenvalue weighted by atomic mass is 32.2. The van der Waals surface area contributed by atoms with Gasteiger partial charge in [-0.3, -0.25) is 23.9 Å². The van der Waals surface area contributed by atoms with E-state index in [1.54, 1.807) is 33.8 Å². The first-order valence-electron chi connectivity index (χ1n) is 21.7. The topological polar surface area (TPSA) is 206 Å². The van der Waals surface area contributed by atoms with Gasteiger partial charge in [0.05, 0.1) is 28.8 Å². The molecule has 1 aromatic heterocycles. The summed E-state index contributed by atoms with van der Waals surface area (Å²) < 4.78 is 96.4. The molecule has 10 unspecified atom stereocenters. The molecule has 7 rings (SSSR count). The Morgan fingerprint density at radius 3 is 2.41 bits per heavy atom. The third-order valence-corrected chi connectivity index (χ3v) is 16.6. The number of alkyl halides is 4. The summed E-state index contributed by atoms with van der Waals surface area (Å²) in [7, 11) is -2.76. The smallest absolute Gasteiger partial charge is 0.408 e. The molecule has 1 aromatic carbocycles. The van der Waals surface area contributed by atoms with Gasteiger partial charge in [-0.15, -0.1) is 0 Å². The molecule has 4 aliphatic carbocycles. The van der Waals surface area contributed by atoms with Crippen molar-refractivity contribution in [1.82, 2.24) is 30.2 Å². The second kappa shape index (κ2) is 16.5. The van der Waals surface area contributed by atoms with Crippen LogP contribution in [0.2, 0.25) is 0 Å². The van der Waals surface area contributed by atoms with Gasteiger partial charge in [-0.05, 0) is 99.0 Å². The highest BCUT2D eigenvalue weighted by Gasteiger charge is 2.67. The number of carbonyl (C=O) groups excluding carboxylic acids is 4. The molecule has 2 heterocycles. The Kier molecular flexibility index (Phi) is 12.2. The maximum atomic E-state index is 15.4. The van der Waals surface area contributed by atoms with Crippen molar-refractivity contribution in [3.8, 4) is 5.75 Å². The fourth-order valence-electron chi connectivity index (χ4n) is 9.98. The lowest BCUT2D eigenvalue weighted by molar-refractivity contribution is -0.143. The minimum atomic E-state index is -4.21. The van der Waals surface area contributed by atoms with Gasteiger partial charge in [-0.1, -0.05) is 41.0 Å².